The van der Waals surface area contributed by atoms with Crippen molar-refractivity contribution >= 4 is 17.0 Å². The Morgan fingerprint density at radius 3 is 2.53 bits per heavy atom. The van der Waals surface area contributed by atoms with E-state index in [1.807, 2.05) is 31.2 Å². The molecule has 0 radical (unpaired) electrons. The van der Waals surface area contributed by atoms with E-state index in [1.54, 1.807) is 12.1 Å². The zero-order chi connectivity index (χ0) is 25.1. The molecule has 1 amide bonds. The van der Waals surface area contributed by atoms with Crippen LogP contribution in [0, 0.1) is 17.2 Å². The second-order valence-electron chi connectivity index (χ2n) is 9.58. The Bertz CT molecular complexity index is 1270. The molecule has 2 fully saturated rings. The van der Waals surface area contributed by atoms with Crippen LogP contribution < -0.4 is 15.3 Å². The van der Waals surface area contributed by atoms with Gasteiger partial charge < -0.3 is 18.8 Å². The largest absolute Gasteiger partial charge is 0.490 e. The summed E-state index contributed by atoms with van der Waals surface area (Å²) in [5.41, 5.74) is 3.43. The van der Waals surface area contributed by atoms with Crippen LogP contribution >= 0.6 is 0 Å². The van der Waals surface area contributed by atoms with Gasteiger partial charge in [0.2, 0.25) is 0 Å². The van der Waals surface area contributed by atoms with E-state index >= 15 is 0 Å². The van der Waals surface area contributed by atoms with Crippen molar-refractivity contribution in [3.05, 3.63) is 48.0 Å². The maximum atomic E-state index is 12.1. The van der Waals surface area contributed by atoms with Crippen molar-refractivity contribution in [1.29, 1.82) is 5.26 Å². The fraction of sp³-hybridized carbons (Fsp3) is 0.429. The van der Waals surface area contributed by atoms with Crippen LogP contribution in [0.3, 0.4) is 0 Å². The standard InChI is InChI=1S/C28H32N4O4/c1-2-13-32(30)28(33)36-21-7-5-20(6-8-21)27-25(17-29)24-10-9-23(35-22-11-14-34-15-12-22)16-26(24)31(27)18-19-3-4-19/h5-10,16,19,22H,2-4,11-15,18,30H2,1H3. The number of fused-ring (bicyclic) bond motifs is 1. The summed E-state index contributed by atoms with van der Waals surface area (Å²) in [6.45, 7) is 4.66. The van der Waals surface area contributed by atoms with Crippen LogP contribution in [0.2, 0.25) is 0 Å². The second kappa shape index (κ2) is 10.6. The summed E-state index contributed by atoms with van der Waals surface area (Å²) in [4.78, 5) is 12.1. The van der Waals surface area contributed by atoms with Gasteiger partial charge in [0.1, 0.15) is 23.7 Å². The normalized spacial score (nSPS) is 16.0. The number of carbonyl (C=O) groups is 1. The first-order valence-electron chi connectivity index (χ1n) is 12.7. The van der Waals surface area contributed by atoms with E-state index in [-0.39, 0.29) is 6.10 Å². The highest BCUT2D eigenvalue weighted by Crippen LogP contribution is 2.40. The third kappa shape index (κ3) is 5.18. The van der Waals surface area contributed by atoms with Crippen molar-refractivity contribution in [3.63, 3.8) is 0 Å². The van der Waals surface area contributed by atoms with Crippen LogP contribution in [0.15, 0.2) is 42.5 Å². The van der Waals surface area contributed by atoms with Gasteiger partial charge in [-0.3, -0.25) is 0 Å². The number of carbonyl (C=O) groups excluding carboxylic acids is 1. The van der Waals surface area contributed by atoms with Gasteiger partial charge in [-0.2, -0.15) is 5.26 Å². The molecule has 1 aliphatic carbocycles. The van der Waals surface area contributed by atoms with Crippen molar-refractivity contribution < 1.29 is 19.0 Å². The third-order valence-electron chi connectivity index (χ3n) is 6.79. The number of hydrazine groups is 1. The molecule has 3 aromatic rings. The van der Waals surface area contributed by atoms with Crippen LogP contribution in [0.1, 0.15) is 44.6 Å². The quantitative estimate of drug-likeness (QED) is 0.265. The SMILES string of the molecule is CCCN(N)C(=O)Oc1ccc(-c2c(C#N)c3ccc(OC4CCOCC4)cc3n2CC2CC2)cc1. The number of hydrogen-bond donors (Lipinski definition) is 1. The maximum Gasteiger partial charge on any atom is 0.429 e. The van der Waals surface area contributed by atoms with Crippen molar-refractivity contribution in [2.24, 2.45) is 11.8 Å². The monoisotopic (exact) mass is 488 g/mol. The Morgan fingerprint density at radius 2 is 1.86 bits per heavy atom. The van der Waals surface area contributed by atoms with E-state index in [0.717, 1.165) is 71.9 Å². The second-order valence-corrected chi connectivity index (χ2v) is 9.58. The molecule has 36 heavy (non-hydrogen) atoms. The highest BCUT2D eigenvalue weighted by Gasteiger charge is 2.27. The van der Waals surface area contributed by atoms with Crippen molar-refractivity contribution in [2.45, 2.75) is 51.7 Å². The van der Waals surface area contributed by atoms with Gasteiger partial charge >= 0.3 is 6.09 Å². The van der Waals surface area contributed by atoms with E-state index in [9.17, 15) is 10.1 Å². The summed E-state index contributed by atoms with van der Waals surface area (Å²) in [5.74, 6) is 7.56. The highest BCUT2D eigenvalue weighted by atomic mass is 16.6. The number of ether oxygens (including phenoxy) is 3. The van der Waals surface area contributed by atoms with Gasteiger partial charge in [0.05, 0.1) is 30.0 Å². The molecule has 1 saturated carbocycles. The van der Waals surface area contributed by atoms with Gasteiger partial charge in [-0.25, -0.2) is 15.6 Å². The Balaban J connectivity index is 1.48. The van der Waals surface area contributed by atoms with Gasteiger partial charge in [0, 0.05) is 37.4 Å². The first-order chi connectivity index (χ1) is 17.6. The zero-order valence-electron chi connectivity index (χ0n) is 20.6. The Labute approximate surface area is 211 Å². The first-order valence-corrected chi connectivity index (χ1v) is 12.7. The zero-order valence-corrected chi connectivity index (χ0v) is 20.6. The van der Waals surface area contributed by atoms with Crippen molar-refractivity contribution in [1.82, 2.24) is 9.58 Å². The molecular weight excluding hydrogens is 456 g/mol. The molecule has 0 atom stereocenters. The lowest BCUT2D eigenvalue weighted by atomic mass is 10.1. The topological polar surface area (TPSA) is 103 Å². The third-order valence-corrected chi connectivity index (χ3v) is 6.79. The number of nitriles is 1. The minimum absolute atomic E-state index is 0.148. The molecule has 2 heterocycles. The Morgan fingerprint density at radius 1 is 1.14 bits per heavy atom. The average molecular weight is 489 g/mol. The van der Waals surface area contributed by atoms with E-state index in [0.29, 0.717) is 23.8 Å². The summed E-state index contributed by atoms with van der Waals surface area (Å²) in [7, 11) is 0. The number of nitrogens with zero attached hydrogens (tertiary/aromatic N) is 3. The summed E-state index contributed by atoms with van der Waals surface area (Å²) in [6, 6.07) is 15.7. The highest BCUT2D eigenvalue weighted by molar-refractivity contribution is 5.95. The average Bonchev–Trinajstić information content (AvgIpc) is 3.66. The molecule has 2 N–H and O–H groups in total. The molecule has 1 saturated heterocycles. The summed E-state index contributed by atoms with van der Waals surface area (Å²) >= 11 is 0. The molecule has 0 spiro atoms. The van der Waals surface area contributed by atoms with E-state index < -0.39 is 6.09 Å². The van der Waals surface area contributed by atoms with Crippen LogP contribution in [-0.2, 0) is 11.3 Å². The van der Waals surface area contributed by atoms with Crippen LogP contribution in [0.5, 0.6) is 11.5 Å². The maximum absolute atomic E-state index is 12.1. The van der Waals surface area contributed by atoms with Crippen molar-refractivity contribution in [3.8, 4) is 28.8 Å². The lowest BCUT2D eigenvalue weighted by Crippen LogP contribution is -2.39. The lowest BCUT2D eigenvalue weighted by Gasteiger charge is -2.23. The smallest absolute Gasteiger partial charge is 0.429 e. The first kappa shape index (κ1) is 24.2. The molecule has 1 aromatic heterocycles. The molecule has 0 bridgehead atoms. The van der Waals surface area contributed by atoms with Gasteiger partial charge in [-0.15, -0.1) is 0 Å². The molecule has 8 heteroatoms. The molecular formula is C28H32N4O4. The van der Waals surface area contributed by atoms with Crippen LogP contribution in [-0.4, -0.2) is 41.5 Å². The molecule has 8 nitrogen and oxygen atoms in total. The van der Waals surface area contributed by atoms with E-state index in [1.165, 1.54) is 12.8 Å². The van der Waals surface area contributed by atoms with Crippen LogP contribution in [0.25, 0.3) is 22.2 Å². The van der Waals surface area contributed by atoms with E-state index in [2.05, 4.69) is 16.7 Å². The molecule has 0 unspecified atom stereocenters. The van der Waals surface area contributed by atoms with Crippen molar-refractivity contribution in [2.75, 3.05) is 19.8 Å². The van der Waals surface area contributed by atoms with E-state index in [4.69, 9.17) is 20.1 Å². The Kier molecular flexibility index (Phi) is 7.12. The lowest BCUT2D eigenvalue weighted by molar-refractivity contribution is 0.0256. The number of rotatable bonds is 8. The predicted octanol–water partition coefficient (Wildman–Crippen LogP) is 5.23. The number of hydrogen-bond acceptors (Lipinski definition) is 6. The summed E-state index contributed by atoms with van der Waals surface area (Å²) in [5, 5.41) is 12.1. The van der Waals surface area contributed by atoms with Gasteiger partial charge in [-0.1, -0.05) is 6.92 Å². The number of amides is 1. The minimum atomic E-state index is -0.595. The summed E-state index contributed by atoms with van der Waals surface area (Å²) < 4.78 is 19.4. The molecule has 2 aromatic carbocycles. The molecule has 5 rings (SSSR count). The molecule has 188 valence electrons. The number of benzene rings is 2. The number of aromatic nitrogens is 1. The number of nitrogens with two attached hydrogens (primary N) is 1. The minimum Gasteiger partial charge on any atom is -0.490 e. The molecule has 1 aliphatic heterocycles. The fourth-order valence-electron chi connectivity index (χ4n) is 4.72. The molecule has 2 aliphatic rings. The van der Waals surface area contributed by atoms with Crippen LogP contribution in [0.4, 0.5) is 4.79 Å². The summed E-state index contributed by atoms with van der Waals surface area (Å²) in [6.07, 6.45) is 4.45. The van der Waals surface area contributed by atoms with Gasteiger partial charge in [-0.05, 0) is 67.1 Å². The Hall–Kier alpha value is -3.54. The van der Waals surface area contributed by atoms with Gasteiger partial charge in [0.15, 0.2) is 0 Å². The fourth-order valence-corrected chi connectivity index (χ4v) is 4.72. The predicted molar refractivity (Wildman–Crippen MR) is 136 cm³/mol. The van der Waals surface area contributed by atoms with Gasteiger partial charge in [0.25, 0.3) is 0 Å².